The maximum atomic E-state index is 10.6. The molecule has 0 saturated heterocycles. The lowest BCUT2D eigenvalue weighted by molar-refractivity contribution is 0.0999. The first-order valence-electron chi connectivity index (χ1n) is 6.02. The number of carbonyl (C=O) groups is 1. The van der Waals surface area contributed by atoms with E-state index in [-0.39, 0.29) is 12.1 Å². The fraction of sp³-hybridized carbons (Fsp3) is 0.500. The van der Waals surface area contributed by atoms with Gasteiger partial charge in [0, 0.05) is 17.6 Å². The van der Waals surface area contributed by atoms with Gasteiger partial charge in [0.25, 0.3) is 0 Å². The summed E-state index contributed by atoms with van der Waals surface area (Å²) < 4.78 is 5.43. The molecule has 1 aromatic rings. The van der Waals surface area contributed by atoms with Gasteiger partial charge in [0.1, 0.15) is 24.7 Å². The molecule has 1 atom stereocenters. The number of nitrogens with one attached hydrogen (secondary N) is 1. The Labute approximate surface area is 108 Å². The Morgan fingerprint density at radius 3 is 2.78 bits per heavy atom. The number of rotatable bonds is 6. The molecule has 0 amide bonds. The van der Waals surface area contributed by atoms with E-state index in [1.54, 1.807) is 24.3 Å². The van der Waals surface area contributed by atoms with Crippen molar-refractivity contribution in [2.24, 2.45) is 0 Å². The zero-order valence-corrected chi connectivity index (χ0v) is 11.1. The highest BCUT2D eigenvalue weighted by Crippen LogP contribution is 2.12. The zero-order chi connectivity index (χ0) is 13.6. The number of hydrogen-bond donors (Lipinski definition) is 2. The number of hydrogen-bond acceptors (Lipinski definition) is 4. The van der Waals surface area contributed by atoms with Crippen LogP contribution in [0.4, 0.5) is 0 Å². The summed E-state index contributed by atoms with van der Waals surface area (Å²) in [4.78, 5) is 10.6. The summed E-state index contributed by atoms with van der Waals surface area (Å²) in [6.07, 6.45) is 0.189. The minimum absolute atomic E-state index is 0.0294. The van der Waals surface area contributed by atoms with E-state index in [1.165, 1.54) is 0 Å². The fourth-order valence-electron chi connectivity index (χ4n) is 1.35. The average Bonchev–Trinajstić information content (AvgIpc) is 2.33. The summed E-state index contributed by atoms with van der Waals surface area (Å²) >= 11 is 0. The van der Waals surface area contributed by atoms with Crippen LogP contribution in [0.15, 0.2) is 24.3 Å². The maximum Gasteiger partial charge on any atom is 0.150 e. The normalized spacial score (nSPS) is 13.1. The third-order valence-corrected chi connectivity index (χ3v) is 2.30. The van der Waals surface area contributed by atoms with Crippen LogP contribution < -0.4 is 10.1 Å². The highest BCUT2D eigenvalue weighted by atomic mass is 16.5. The SMILES string of the molecule is CC(C)(C)NCC(O)COc1cccc(C=O)c1. The van der Waals surface area contributed by atoms with Crippen LogP contribution in [0.3, 0.4) is 0 Å². The van der Waals surface area contributed by atoms with Gasteiger partial charge < -0.3 is 15.2 Å². The molecular formula is C14H21NO3. The molecule has 0 aliphatic heterocycles. The number of carbonyl (C=O) groups excluding carboxylic acids is 1. The second kappa shape index (κ2) is 6.52. The van der Waals surface area contributed by atoms with Gasteiger partial charge in [0.15, 0.2) is 0 Å². The van der Waals surface area contributed by atoms with Gasteiger partial charge in [-0.2, -0.15) is 0 Å². The molecule has 0 bridgehead atoms. The Morgan fingerprint density at radius 2 is 2.17 bits per heavy atom. The molecule has 1 rings (SSSR count). The molecule has 0 aromatic heterocycles. The van der Waals surface area contributed by atoms with Crippen molar-refractivity contribution in [1.29, 1.82) is 0 Å². The van der Waals surface area contributed by atoms with Gasteiger partial charge in [-0.25, -0.2) is 0 Å². The summed E-state index contributed by atoms with van der Waals surface area (Å²) in [5, 5.41) is 12.9. The van der Waals surface area contributed by atoms with E-state index < -0.39 is 6.10 Å². The molecule has 0 spiro atoms. The van der Waals surface area contributed by atoms with E-state index in [0.717, 1.165) is 6.29 Å². The lowest BCUT2D eigenvalue weighted by atomic mass is 10.1. The van der Waals surface area contributed by atoms with Crippen LogP contribution in [0.1, 0.15) is 31.1 Å². The van der Waals surface area contributed by atoms with Crippen LogP contribution in [0.5, 0.6) is 5.75 Å². The molecule has 0 aliphatic carbocycles. The van der Waals surface area contributed by atoms with Crippen LogP contribution in [0.25, 0.3) is 0 Å². The minimum Gasteiger partial charge on any atom is -0.491 e. The number of aldehydes is 1. The molecule has 0 saturated carbocycles. The molecule has 4 nitrogen and oxygen atoms in total. The Bertz CT molecular complexity index is 385. The Morgan fingerprint density at radius 1 is 1.44 bits per heavy atom. The number of aliphatic hydroxyl groups excluding tert-OH is 1. The summed E-state index contributed by atoms with van der Waals surface area (Å²) in [6.45, 7) is 6.78. The summed E-state index contributed by atoms with van der Waals surface area (Å²) in [5.41, 5.74) is 0.535. The summed E-state index contributed by atoms with van der Waals surface area (Å²) in [5.74, 6) is 0.592. The van der Waals surface area contributed by atoms with Crippen molar-refractivity contribution in [3.8, 4) is 5.75 Å². The quantitative estimate of drug-likeness (QED) is 0.754. The fourth-order valence-corrected chi connectivity index (χ4v) is 1.35. The molecule has 0 radical (unpaired) electrons. The molecule has 0 aliphatic rings. The predicted molar refractivity (Wildman–Crippen MR) is 71.1 cm³/mol. The third-order valence-electron chi connectivity index (χ3n) is 2.30. The molecule has 4 heteroatoms. The third kappa shape index (κ3) is 5.80. The Kier molecular flexibility index (Phi) is 5.31. The first-order valence-corrected chi connectivity index (χ1v) is 6.02. The number of aliphatic hydroxyl groups is 1. The molecule has 0 fully saturated rings. The van der Waals surface area contributed by atoms with E-state index in [1.807, 2.05) is 20.8 Å². The molecule has 1 unspecified atom stereocenters. The monoisotopic (exact) mass is 251 g/mol. The van der Waals surface area contributed by atoms with E-state index in [4.69, 9.17) is 4.74 Å². The Balaban J connectivity index is 2.37. The molecule has 100 valence electrons. The lowest BCUT2D eigenvalue weighted by Gasteiger charge is -2.22. The number of β-amino-alcohol motifs (C(OH)–C–C–N with tert-alkyl or cyclic N) is 1. The van der Waals surface area contributed by atoms with Crippen molar-refractivity contribution in [2.45, 2.75) is 32.4 Å². The first kappa shape index (κ1) is 14.7. The van der Waals surface area contributed by atoms with Crippen molar-refractivity contribution >= 4 is 6.29 Å². The van der Waals surface area contributed by atoms with Crippen LogP contribution >= 0.6 is 0 Å². The summed E-state index contributed by atoms with van der Waals surface area (Å²) in [6, 6.07) is 6.87. The van der Waals surface area contributed by atoms with Gasteiger partial charge in [-0.05, 0) is 32.9 Å². The van der Waals surface area contributed by atoms with E-state index >= 15 is 0 Å². The van der Waals surface area contributed by atoms with Gasteiger partial charge in [0.05, 0.1) is 0 Å². The second-order valence-corrected chi connectivity index (χ2v) is 5.29. The van der Waals surface area contributed by atoms with Crippen LogP contribution in [-0.4, -0.2) is 36.2 Å². The largest absolute Gasteiger partial charge is 0.491 e. The Hall–Kier alpha value is -1.39. The van der Waals surface area contributed by atoms with Crippen molar-refractivity contribution in [1.82, 2.24) is 5.32 Å². The van der Waals surface area contributed by atoms with Gasteiger partial charge in [0.2, 0.25) is 0 Å². The van der Waals surface area contributed by atoms with Crippen molar-refractivity contribution < 1.29 is 14.6 Å². The maximum absolute atomic E-state index is 10.6. The van der Waals surface area contributed by atoms with Crippen LogP contribution in [0.2, 0.25) is 0 Å². The van der Waals surface area contributed by atoms with Gasteiger partial charge in [-0.3, -0.25) is 4.79 Å². The highest BCUT2D eigenvalue weighted by molar-refractivity contribution is 5.75. The van der Waals surface area contributed by atoms with Crippen LogP contribution in [-0.2, 0) is 0 Å². The summed E-state index contributed by atoms with van der Waals surface area (Å²) in [7, 11) is 0. The molecule has 18 heavy (non-hydrogen) atoms. The van der Waals surface area contributed by atoms with E-state index in [2.05, 4.69) is 5.32 Å². The minimum atomic E-state index is -0.580. The molecule has 2 N–H and O–H groups in total. The number of ether oxygens (including phenoxy) is 1. The van der Waals surface area contributed by atoms with Gasteiger partial charge >= 0.3 is 0 Å². The topological polar surface area (TPSA) is 58.6 Å². The van der Waals surface area contributed by atoms with Crippen LogP contribution in [0, 0.1) is 0 Å². The van der Waals surface area contributed by atoms with Gasteiger partial charge in [-0.15, -0.1) is 0 Å². The standard InChI is InChI=1S/C14H21NO3/c1-14(2,3)15-8-12(17)10-18-13-6-4-5-11(7-13)9-16/h4-7,9,12,15,17H,8,10H2,1-3H3. The van der Waals surface area contributed by atoms with Crippen molar-refractivity contribution in [3.63, 3.8) is 0 Å². The smallest absolute Gasteiger partial charge is 0.150 e. The molecule has 0 heterocycles. The lowest BCUT2D eigenvalue weighted by Crippen LogP contribution is -2.42. The van der Waals surface area contributed by atoms with Gasteiger partial charge in [-0.1, -0.05) is 12.1 Å². The van der Waals surface area contributed by atoms with Crippen molar-refractivity contribution in [2.75, 3.05) is 13.2 Å². The average molecular weight is 251 g/mol. The zero-order valence-electron chi connectivity index (χ0n) is 11.1. The molecule has 1 aromatic carbocycles. The van der Waals surface area contributed by atoms with Crippen molar-refractivity contribution in [3.05, 3.63) is 29.8 Å². The number of benzene rings is 1. The second-order valence-electron chi connectivity index (χ2n) is 5.29. The predicted octanol–water partition coefficient (Wildman–Crippen LogP) is 1.63. The first-order chi connectivity index (χ1) is 8.40. The highest BCUT2D eigenvalue weighted by Gasteiger charge is 2.12. The van der Waals surface area contributed by atoms with E-state index in [9.17, 15) is 9.90 Å². The van der Waals surface area contributed by atoms with E-state index in [0.29, 0.717) is 17.9 Å². The molecular weight excluding hydrogens is 230 g/mol.